The Balaban J connectivity index is 2.29. The van der Waals surface area contributed by atoms with Crippen LogP contribution < -0.4 is 5.73 Å². The van der Waals surface area contributed by atoms with Crippen LogP contribution in [0.15, 0.2) is 18.2 Å². The summed E-state index contributed by atoms with van der Waals surface area (Å²) in [7, 11) is 0. The van der Waals surface area contributed by atoms with Crippen LogP contribution >= 0.6 is 0 Å². The van der Waals surface area contributed by atoms with Crippen LogP contribution in [0.5, 0.6) is 0 Å². The van der Waals surface area contributed by atoms with Gasteiger partial charge in [-0.05, 0) is 43.9 Å². The van der Waals surface area contributed by atoms with E-state index in [4.69, 9.17) is 5.73 Å². The Morgan fingerprint density at radius 2 is 2.12 bits per heavy atom. The molecule has 0 radical (unpaired) electrons. The molecule has 1 amide bonds. The molecule has 2 unspecified atom stereocenters. The Labute approximate surface area is 103 Å². The number of amides is 1. The number of benzene rings is 1. The molecule has 0 aromatic heterocycles. The standard InChI is InChI=1S/C14H20N2O/c1-9-7-10(2)16(8-9)14(17)12-5-4-6-13(15)11(12)3/h4-6,9-10H,7-8,15H2,1-3H3. The van der Waals surface area contributed by atoms with Crippen molar-refractivity contribution in [3.8, 4) is 0 Å². The van der Waals surface area contributed by atoms with E-state index in [1.165, 1.54) is 0 Å². The van der Waals surface area contributed by atoms with E-state index in [9.17, 15) is 4.79 Å². The SMILES string of the molecule is Cc1c(N)cccc1C(=O)N1CC(C)CC1C. The maximum Gasteiger partial charge on any atom is 0.254 e. The third-order valence-corrected chi connectivity index (χ3v) is 3.65. The molecule has 1 fully saturated rings. The number of nitrogens with zero attached hydrogens (tertiary/aromatic N) is 1. The number of nitrogen functional groups attached to an aromatic ring is 1. The van der Waals surface area contributed by atoms with Crippen molar-refractivity contribution in [2.45, 2.75) is 33.2 Å². The second-order valence-electron chi connectivity index (χ2n) is 5.17. The number of carbonyl (C=O) groups excluding carboxylic acids is 1. The van der Waals surface area contributed by atoms with Crippen molar-refractivity contribution in [2.24, 2.45) is 5.92 Å². The average Bonchev–Trinajstić information content (AvgIpc) is 2.61. The molecular weight excluding hydrogens is 212 g/mol. The highest BCUT2D eigenvalue weighted by Crippen LogP contribution is 2.26. The number of rotatable bonds is 1. The number of nitrogens with two attached hydrogens (primary N) is 1. The predicted octanol–water partition coefficient (Wildman–Crippen LogP) is 2.45. The first-order valence-electron chi connectivity index (χ1n) is 6.16. The van der Waals surface area contributed by atoms with Crippen molar-refractivity contribution in [3.63, 3.8) is 0 Å². The van der Waals surface area contributed by atoms with E-state index >= 15 is 0 Å². The summed E-state index contributed by atoms with van der Waals surface area (Å²) < 4.78 is 0. The van der Waals surface area contributed by atoms with Gasteiger partial charge >= 0.3 is 0 Å². The zero-order valence-electron chi connectivity index (χ0n) is 10.7. The highest BCUT2D eigenvalue weighted by molar-refractivity contribution is 5.97. The summed E-state index contributed by atoms with van der Waals surface area (Å²) in [6.45, 7) is 7.07. The molecule has 3 nitrogen and oxygen atoms in total. The van der Waals surface area contributed by atoms with Gasteiger partial charge in [-0.25, -0.2) is 0 Å². The van der Waals surface area contributed by atoms with Crippen LogP contribution in [-0.2, 0) is 0 Å². The van der Waals surface area contributed by atoms with Gasteiger partial charge in [-0.1, -0.05) is 13.0 Å². The van der Waals surface area contributed by atoms with E-state index in [0.717, 1.165) is 24.1 Å². The van der Waals surface area contributed by atoms with Crippen LogP contribution in [0, 0.1) is 12.8 Å². The number of carbonyl (C=O) groups is 1. The van der Waals surface area contributed by atoms with Crippen LogP contribution in [-0.4, -0.2) is 23.4 Å². The maximum atomic E-state index is 12.4. The van der Waals surface area contributed by atoms with Crippen LogP contribution in [0.25, 0.3) is 0 Å². The van der Waals surface area contributed by atoms with E-state index < -0.39 is 0 Å². The van der Waals surface area contributed by atoms with Crippen molar-refractivity contribution < 1.29 is 4.79 Å². The highest BCUT2D eigenvalue weighted by Gasteiger charge is 2.31. The minimum atomic E-state index is 0.117. The summed E-state index contributed by atoms with van der Waals surface area (Å²) in [6, 6.07) is 5.88. The molecule has 1 aliphatic rings. The number of anilines is 1. The third-order valence-electron chi connectivity index (χ3n) is 3.65. The van der Waals surface area contributed by atoms with E-state index in [1.807, 2.05) is 30.0 Å². The van der Waals surface area contributed by atoms with Gasteiger partial charge < -0.3 is 10.6 Å². The average molecular weight is 232 g/mol. The van der Waals surface area contributed by atoms with E-state index in [0.29, 0.717) is 17.6 Å². The second kappa shape index (κ2) is 4.40. The Morgan fingerprint density at radius 3 is 2.71 bits per heavy atom. The molecule has 1 aliphatic heterocycles. The Hall–Kier alpha value is -1.51. The van der Waals surface area contributed by atoms with E-state index in [-0.39, 0.29) is 5.91 Å². The topological polar surface area (TPSA) is 46.3 Å². The molecule has 1 heterocycles. The fraction of sp³-hybridized carbons (Fsp3) is 0.500. The first-order valence-corrected chi connectivity index (χ1v) is 6.16. The third kappa shape index (κ3) is 2.14. The van der Waals surface area contributed by atoms with Gasteiger partial charge in [0, 0.05) is 23.8 Å². The molecule has 2 N–H and O–H groups in total. The lowest BCUT2D eigenvalue weighted by atomic mass is 10.1. The minimum Gasteiger partial charge on any atom is -0.398 e. The molecule has 17 heavy (non-hydrogen) atoms. The van der Waals surface area contributed by atoms with E-state index in [2.05, 4.69) is 13.8 Å². The normalized spacial score (nSPS) is 24.1. The van der Waals surface area contributed by atoms with Gasteiger partial charge in [0.15, 0.2) is 0 Å². The molecule has 0 saturated carbocycles. The van der Waals surface area contributed by atoms with Gasteiger partial charge in [0.05, 0.1) is 0 Å². The molecule has 92 valence electrons. The largest absolute Gasteiger partial charge is 0.398 e. The van der Waals surface area contributed by atoms with Gasteiger partial charge in [0.2, 0.25) is 0 Å². The quantitative estimate of drug-likeness (QED) is 0.756. The van der Waals surface area contributed by atoms with Crippen LogP contribution in [0.2, 0.25) is 0 Å². The molecule has 1 saturated heterocycles. The number of hydrogen-bond acceptors (Lipinski definition) is 2. The first kappa shape index (κ1) is 12.0. The van der Waals surface area contributed by atoms with Crippen LogP contribution in [0.3, 0.4) is 0 Å². The zero-order chi connectivity index (χ0) is 12.6. The smallest absolute Gasteiger partial charge is 0.254 e. The molecule has 3 heteroatoms. The molecule has 0 bridgehead atoms. The van der Waals surface area contributed by atoms with Crippen LogP contribution in [0.1, 0.15) is 36.2 Å². The predicted molar refractivity (Wildman–Crippen MR) is 69.9 cm³/mol. The lowest BCUT2D eigenvalue weighted by molar-refractivity contribution is 0.0743. The fourth-order valence-electron chi connectivity index (χ4n) is 2.62. The summed E-state index contributed by atoms with van der Waals surface area (Å²) in [4.78, 5) is 14.4. The molecule has 0 aliphatic carbocycles. The lowest BCUT2D eigenvalue weighted by Gasteiger charge is -2.22. The summed E-state index contributed by atoms with van der Waals surface area (Å²) in [5.74, 6) is 0.710. The second-order valence-corrected chi connectivity index (χ2v) is 5.17. The Bertz CT molecular complexity index is 442. The first-order chi connectivity index (χ1) is 8.00. The van der Waals surface area contributed by atoms with Gasteiger partial charge in [0.25, 0.3) is 5.91 Å². The lowest BCUT2D eigenvalue weighted by Crippen LogP contribution is -2.34. The molecule has 1 aromatic carbocycles. The molecular formula is C14H20N2O. The summed E-state index contributed by atoms with van der Waals surface area (Å²) in [5, 5.41) is 0. The fourth-order valence-corrected chi connectivity index (χ4v) is 2.62. The van der Waals surface area contributed by atoms with Crippen LogP contribution in [0.4, 0.5) is 5.69 Å². The van der Waals surface area contributed by atoms with Gasteiger partial charge in [-0.15, -0.1) is 0 Å². The number of hydrogen-bond donors (Lipinski definition) is 1. The monoisotopic (exact) mass is 232 g/mol. The summed E-state index contributed by atoms with van der Waals surface area (Å²) in [6.07, 6.45) is 1.09. The van der Waals surface area contributed by atoms with Crippen molar-refractivity contribution in [2.75, 3.05) is 12.3 Å². The molecule has 0 spiro atoms. The summed E-state index contributed by atoms with van der Waals surface area (Å²) >= 11 is 0. The molecule has 2 rings (SSSR count). The maximum absolute atomic E-state index is 12.4. The molecule has 1 aromatic rings. The summed E-state index contributed by atoms with van der Waals surface area (Å²) in [5.41, 5.74) is 8.17. The van der Waals surface area contributed by atoms with Crippen molar-refractivity contribution >= 4 is 11.6 Å². The van der Waals surface area contributed by atoms with Crippen molar-refractivity contribution in [1.82, 2.24) is 4.90 Å². The molecule has 2 atom stereocenters. The van der Waals surface area contributed by atoms with Gasteiger partial charge in [-0.3, -0.25) is 4.79 Å². The Kier molecular flexibility index (Phi) is 3.09. The van der Waals surface area contributed by atoms with Crippen molar-refractivity contribution in [3.05, 3.63) is 29.3 Å². The van der Waals surface area contributed by atoms with E-state index in [1.54, 1.807) is 0 Å². The highest BCUT2D eigenvalue weighted by atomic mass is 16.2. The zero-order valence-corrected chi connectivity index (χ0v) is 10.7. The number of likely N-dealkylation sites (tertiary alicyclic amines) is 1. The van der Waals surface area contributed by atoms with Crippen molar-refractivity contribution in [1.29, 1.82) is 0 Å². The van der Waals surface area contributed by atoms with Gasteiger partial charge in [0.1, 0.15) is 0 Å². The minimum absolute atomic E-state index is 0.117. The Morgan fingerprint density at radius 1 is 1.41 bits per heavy atom. The van der Waals surface area contributed by atoms with Gasteiger partial charge in [-0.2, -0.15) is 0 Å².